The van der Waals surface area contributed by atoms with E-state index in [1.807, 2.05) is 19.2 Å². The van der Waals surface area contributed by atoms with Gasteiger partial charge in [0.2, 0.25) is 0 Å². The van der Waals surface area contributed by atoms with Crippen molar-refractivity contribution in [3.63, 3.8) is 0 Å². The van der Waals surface area contributed by atoms with E-state index in [1.165, 1.54) is 0 Å². The Kier molecular flexibility index (Phi) is 4.17. The van der Waals surface area contributed by atoms with Crippen molar-refractivity contribution in [3.8, 4) is 0 Å². The van der Waals surface area contributed by atoms with Crippen molar-refractivity contribution >= 4 is 15.9 Å². The van der Waals surface area contributed by atoms with Crippen molar-refractivity contribution in [3.05, 3.63) is 34.1 Å². The number of nitrogens with one attached hydrogen (secondary N) is 1. The zero-order valence-corrected chi connectivity index (χ0v) is 11.6. The summed E-state index contributed by atoms with van der Waals surface area (Å²) in [6, 6.07) is 5.43. The highest BCUT2D eigenvalue weighted by atomic mass is 79.9. The molecule has 94 valence electrons. The van der Waals surface area contributed by atoms with E-state index in [1.54, 1.807) is 6.07 Å². The molecule has 1 aromatic rings. The predicted octanol–water partition coefficient (Wildman–Crippen LogP) is 3.27. The molecule has 3 unspecified atom stereocenters. The van der Waals surface area contributed by atoms with Gasteiger partial charge in [-0.3, -0.25) is 0 Å². The Labute approximate surface area is 110 Å². The first kappa shape index (κ1) is 13.0. The van der Waals surface area contributed by atoms with Gasteiger partial charge in [-0.05, 0) is 42.4 Å². The number of halogens is 2. The monoisotopic (exact) mass is 301 g/mol. The van der Waals surface area contributed by atoms with Crippen LogP contribution in [0.5, 0.6) is 0 Å². The first-order chi connectivity index (χ1) is 8.15. The number of benzene rings is 1. The van der Waals surface area contributed by atoms with Gasteiger partial charge in [-0.15, -0.1) is 0 Å². The molecule has 0 aliphatic carbocycles. The molecule has 3 atom stereocenters. The topological polar surface area (TPSA) is 21.3 Å². The molecule has 1 heterocycles. The molecular weight excluding hydrogens is 285 g/mol. The fourth-order valence-electron chi connectivity index (χ4n) is 2.55. The van der Waals surface area contributed by atoms with Gasteiger partial charge in [-0.2, -0.15) is 0 Å². The minimum Gasteiger partial charge on any atom is -0.378 e. The molecule has 0 radical (unpaired) electrons. The van der Waals surface area contributed by atoms with E-state index in [0.717, 1.165) is 13.0 Å². The molecule has 2 nitrogen and oxygen atoms in total. The zero-order chi connectivity index (χ0) is 12.4. The Morgan fingerprint density at radius 2 is 2.29 bits per heavy atom. The molecule has 1 fully saturated rings. The Morgan fingerprint density at radius 3 is 2.88 bits per heavy atom. The van der Waals surface area contributed by atoms with Crippen LogP contribution in [-0.4, -0.2) is 19.8 Å². The van der Waals surface area contributed by atoms with Gasteiger partial charge in [0.1, 0.15) is 5.82 Å². The smallest absolute Gasteiger partial charge is 0.142 e. The highest BCUT2D eigenvalue weighted by Crippen LogP contribution is 2.35. The fraction of sp³-hybridized carbons (Fsp3) is 0.538. The van der Waals surface area contributed by atoms with E-state index < -0.39 is 0 Å². The quantitative estimate of drug-likeness (QED) is 0.925. The van der Waals surface area contributed by atoms with Gasteiger partial charge in [-0.25, -0.2) is 4.39 Å². The van der Waals surface area contributed by atoms with Gasteiger partial charge in [-0.1, -0.05) is 12.1 Å². The van der Waals surface area contributed by atoms with Crippen molar-refractivity contribution in [1.82, 2.24) is 5.32 Å². The second-order valence-corrected chi connectivity index (χ2v) is 5.29. The second-order valence-electron chi connectivity index (χ2n) is 4.44. The van der Waals surface area contributed by atoms with Gasteiger partial charge in [0, 0.05) is 24.1 Å². The lowest BCUT2D eigenvalue weighted by Gasteiger charge is -2.26. The van der Waals surface area contributed by atoms with Gasteiger partial charge >= 0.3 is 0 Å². The van der Waals surface area contributed by atoms with Crippen molar-refractivity contribution in [2.45, 2.75) is 25.5 Å². The zero-order valence-electron chi connectivity index (χ0n) is 10.0. The van der Waals surface area contributed by atoms with Crippen LogP contribution < -0.4 is 5.32 Å². The van der Waals surface area contributed by atoms with Crippen LogP contribution in [0.2, 0.25) is 0 Å². The second kappa shape index (κ2) is 5.46. The molecule has 1 saturated heterocycles. The summed E-state index contributed by atoms with van der Waals surface area (Å²) in [7, 11) is 1.87. The third-order valence-electron chi connectivity index (χ3n) is 3.49. The molecule has 1 aliphatic heterocycles. The standard InChI is InChI=1S/C13H17BrFNO/c1-8-9(6-7-17-8)13(16-2)10-4-3-5-11(14)12(10)15/h3-5,8-9,13,16H,6-7H2,1-2H3. The Balaban J connectivity index is 2.31. The van der Waals surface area contributed by atoms with Crippen LogP contribution in [0.15, 0.2) is 22.7 Å². The maximum atomic E-state index is 14.1. The average molecular weight is 302 g/mol. The molecule has 0 amide bonds. The minimum atomic E-state index is -0.175. The first-order valence-corrected chi connectivity index (χ1v) is 6.67. The SMILES string of the molecule is CNC(c1cccc(Br)c1F)C1CCOC1C. The number of hydrogen-bond acceptors (Lipinski definition) is 2. The molecule has 0 bridgehead atoms. The highest BCUT2D eigenvalue weighted by molar-refractivity contribution is 9.10. The molecule has 2 rings (SSSR count). The van der Waals surface area contributed by atoms with E-state index >= 15 is 0 Å². The summed E-state index contributed by atoms with van der Waals surface area (Å²) in [5.74, 6) is 0.148. The van der Waals surface area contributed by atoms with E-state index in [2.05, 4.69) is 28.2 Å². The molecule has 1 aromatic carbocycles. The third-order valence-corrected chi connectivity index (χ3v) is 4.10. The lowest BCUT2D eigenvalue weighted by Crippen LogP contribution is -2.30. The summed E-state index contributed by atoms with van der Waals surface area (Å²) in [4.78, 5) is 0. The van der Waals surface area contributed by atoms with Crippen molar-refractivity contribution in [1.29, 1.82) is 0 Å². The van der Waals surface area contributed by atoms with E-state index in [-0.39, 0.29) is 18.0 Å². The molecule has 4 heteroatoms. The number of hydrogen-bond donors (Lipinski definition) is 1. The maximum absolute atomic E-state index is 14.1. The fourth-order valence-corrected chi connectivity index (χ4v) is 2.93. The van der Waals surface area contributed by atoms with Crippen molar-refractivity contribution in [2.24, 2.45) is 5.92 Å². The largest absolute Gasteiger partial charge is 0.378 e. The van der Waals surface area contributed by atoms with Crippen molar-refractivity contribution < 1.29 is 9.13 Å². The molecule has 0 saturated carbocycles. The lowest BCUT2D eigenvalue weighted by atomic mass is 9.88. The summed E-state index contributed by atoms with van der Waals surface area (Å²) >= 11 is 3.23. The van der Waals surface area contributed by atoms with Gasteiger partial charge in [0.15, 0.2) is 0 Å². The van der Waals surface area contributed by atoms with Crippen LogP contribution in [-0.2, 0) is 4.74 Å². The van der Waals surface area contributed by atoms with Gasteiger partial charge < -0.3 is 10.1 Å². The van der Waals surface area contributed by atoms with E-state index in [9.17, 15) is 4.39 Å². The third kappa shape index (κ3) is 2.54. The van der Waals surface area contributed by atoms with Crippen LogP contribution in [0.4, 0.5) is 4.39 Å². The average Bonchev–Trinajstić information content (AvgIpc) is 2.72. The molecule has 17 heavy (non-hydrogen) atoms. The Hall–Kier alpha value is -0.450. The first-order valence-electron chi connectivity index (χ1n) is 5.88. The maximum Gasteiger partial charge on any atom is 0.142 e. The van der Waals surface area contributed by atoms with Gasteiger partial charge in [0.05, 0.1) is 10.6 Å². The minimum absolute atomic E-state index is 0.00463. The number of ether oxygens (including phenoxy) is 1. The summed E-state index contributed by atoms with van der Waals surface area (Å²) in [5.41, 5.74) is 0.712. The summed E-state index contributed by atoms with van der Waals surface area (Å²) in [5, 5.41) is 3.22. The Bertz CT molecular complexity index is 399. The summed E-state index contributed by atoms with van der Waals surface area (Å²) in [6.45, 7) is 2.82. The lowest BCUT2D eigenvalue weighted by molar-refractivity contribution is 0.0959. The van der Waals surface area contributed by atoms with Gasteiger partial charge in [0.25, 0.3) is 0 Å². The molecule has 1 N–H and O–H groups in total. The normalized spacial score (nSPS) is 26.1. The molecule has 0 aromatic heterocycles. The van der Waals surface area contributed by atoms with Crippen LogP contribution in [0, 0.1) is 11.7 Å². The van der Waals surface area contributed by atoms with Crippen LogP contribution in [0.3, 0.4) is 0 Å². The Morgan fingerprint density at radius 1 is 1.53 bits per heavy atom. The van der Waals surface area contributed by atoms with E-state index in [4.69, 9.17) is 4.74 Å². The highest BCUT2D eigenvalue weighted by Gasteiger charge is 2.33. The van der Waals surface area contributed by atoms with Crippen LogP contribution in [0.25, 0.3) is 0 Å². The molecular formula is C13H17BrFNO. The van der Waals surface area contributed by atoms with Crippen LogP contribution in [0.1, 0.15) is 24.9 Å². The number of rotatable bonds is 3. The molecule has 1 aliphatic rings. The van der Waals surface area contributed by atoms with E-state index in [0.29, 0.717) is 16.0 Å². The summed E-state index contributed by atoms with van der Waals surface area (Å²) < 4.78 is 20.2. The predicted molar refractivity (Wildman–Crippen MR) is 69.4 cm³/mol. The van der Waals surface area contributed by atoms with Crippen LogP contribution >= 0.6 is 15.9 Å². The van der Waals surface area contributed by atoms with Crippen molar-refractivity contribution in [2.75, 3.05) is 13.7 Å². The molecule has 0 spiro atoms. The summed E-state index contributed by atoms with van der Waals surface area (Å²) in [6.07, 6.45) is 1.14.